The summed E-state index contributed by atoms with van der Waals surface area (Å²) in [5.74, 6) is 0.597. The van der Waals surface area contributed by atoms with Gasteiger partial charge in [0, 0.05) is 7.05 Å². The highest BCUT2D eigenvalue weighted by atomic mass is 16.6. The number of carbonyl (C=O) groups excluding carboxylic acids is 1. The van der Waals surface area contributed by atoms with E-state index in [0.29, 0.717) is 5.82 Å². The van der Waals surface area contributed by atoms with Gasteiger partial charge in [-0.2, -0.15) is 0 Å². The SMILES string of the molecule is CC(OC(=O)Nc1cncn1C)c1ccccc1. The Morgan fingerprint density at radius 2 is 2.11 bits per heavy atom. The van der Waals surface area contributed by atoms with Crippen LogP contribution in [-0.2, 0) is 11.8 Å². The van der Waals surface area contributed by atoms with Crippen LogP contribution in [0.2, 0.25) is 0 Å². The minimum Gasteiger partial charge on any atom is -0.441 e. The lowest BCUT2D eigenvalue weighted by molar-refractivity contribution is 0.121. The number of ether oxygens (including phenoxy) is 1. The number of hydrogen-bond acceptors (Lipinski definition) is 3. The molecule has 18 heavy (non-hydrogen) atoms. The van der Waals surface area contributed by atoms with Crippen LogP contribution in [0.1, 0.15) is 18.6 Å². The monoisotopic (exact) mass is 245 g/mol. The van der Waals surface area contributed by atoms with Crippen LogP contribution in [0.25, 0.3) is 0 Å². The fourth-order valence-electron chi connectivity index (χ4n) is 1.56. The second-order valence-electron chi connectivity index (χ2n) is 3.97. The third kappa shape index (κ3) is 2.88. The van der Waals surface area contributed by atoms with Gasteiger partial charge in [0.15, 0.2) is 0 Å². The van der Waals surface area contributed by atoms with Crippen molar-refractivity contribution in [2.75, 3.05) is 5.32 Å². The fourth-order valence-corrected chi connectivity index (χ4v) is 1.56. The number of imidazole rings is 1. The Morgan fingerprint density at radius 3 is 2.72 bits per heavy atom. The number of nitrogens with zero attached hydrogens (tertiary/aromatic N) is 2. The minimum absolute atomic E-state index is 0.292. The predicted octanol–water partition coefficient (Wildman–Crippen LogP) is 2.73. The Labute approximate surface area is 105 Å². The third-order valence-electron chi connectivity index (χ3n) is 2.60. The van der Waals surface area contributed by atoms with E-state index in [9.17, 15) is 4.79 Å². The number of anilines is 1. The molecule has 1 amide bonds. The molecule has 5 nitrogen and oxygen atoms in total. The summed E-state index contributed by atoms with van der Waals surface area (Å²) in [6.45, 7) is 1.83. The Bertz CT molecular complexity index is 522. The maximum absolute atomic E-state index is 11.7. The zero-order chi connectivity index (χ0) is 13.0. The second kappa shape index (κ2) is 5.35. The number of carbonyl (C=O) groups is 1. The van der Waals surface area contributed by atoms with Gasteiger partial charge < -0.3 is 9.30 Å². The average molecular weight is 245 g/mol. The largest absolute Gasteiger partial charge is 0.441 e. The lowest BCUT2D eigenvalue weighted by atomic mass is 10.1. The molecule has 0 saturated carbocycles. The highest BCUT2D eigenvalue weighted by molar-refractivity contribution is 5.83. The first kappa shape index (κ1) is 12.2. The molecule has 1 unspecified atom stereocenters. The molecule has 0 fully saturated rings. The summed E-state index contributed by atoms with van der Waals surface area (Å²) in [6, 6.07) is 9.58. The van der Waals surface area contributed by atoms with Crippen LogP contribution in [0.3, 0.4) is 0 Å². The van der Waals surface area contributed by atoms with Gasteiger partial charge in [-0.15, -0.1) is 0 Å². The fraction of sp³-hybridized carbons (Fsp3) is 0.231. The van der Waals surface area contributed by atoms with Crippen LogP contribution in [0.15, 0.2) is 42.9 Å². The van der Waals surface area contributed by atoms with E-state index in [2.05, 4.69) is 10.3 Å². The highest BCUT2D eigenvalue weighted by Gasteiger charge is 2.12. The number of benzene rings is 1. The molecule has 0 radical (unpaired) electrons. The van der Waals surface area contributed by atoms with E-state index in [1.807, 2.05) is 37.3 Å². The standard InChI is InChI=1S/C13H15N3O2/c1-10(11-6-4-3-5-7-11)18-13(17)15-12-8-14-9-16(12)2/h3-10H,1-2H3,(H,15,17). The molecule has 0 spiro atoms. The van der Waals surface area contributed by atoms with Gasteiger partial charge in [0.2, 0.25) is 0 Å². The van der Waals surface area contributed by atoms with Crippen molar-refractivity contribution in [1.29, 1.82) is 0 Å². The summed E-state index contributed by atoms with van der Waals surface area (Å²) in [7, 11) is 1.79. The molecule has 5 heteroatoms. The van der Waals surface area contributed by atoms with Gasteiger partial charge in [0.25, 0.3) is 0 Å². The summed E-state index contributed by atoms with van der Waals surface area (Å²) in [4.78, 5) is 15.6. The van der Waals surface area contributed by atoms with Gasteiger partial charge in [0.05, 0.1) is 12.5 Å². The van der Waals surface area contributed by atoms with Crippen molar-refractivity contribution in [2.45, 2.75) is 13.0 Å². The molecule has 2 rings (SSSR count). The van der Waals surface area contributed by atoms with E-state index >= 15 is 0 Å². The molecule has 0 aliphatic heterocycles. The third-order valence-corrected chi connectivity index (χ3v) is 2.60. The molecule has 1 N–H and O–H groups in total. The highest BCUT2D eigenvalue weighted by Crippen LogP contribution is 2.16. The normalized spacial score (nSPS) is 11.9. The molecule has 0 aliphatic carbocycles. The van der Waals surface area contributed by atoms with Crippen LogP contribution >= 0.6 is 0 Å². The minimum atomic E-state index is -0.491. The van der Waals surface area contributed by atoms with Crippen molar-refractivity contribution in [2.24, 2.45) is 7.05 Å². The molecular weight excluding hydrogens is 230 g/mol. The van der Waals surface area contributed by atoms with Crippen LogP contribution in [0, 0.1) is 0 Å². The number of rotatable bonds is 3. The van der Waals surface area contributed by atoms with Crippen molar-refractivity contribution in [3.8, 4) is 0 Å². The van der Waals surface area contributed by atoms with Gasteiger partial charge in [-0.25, -0.2) is 9.78 Å². The average Bonchev–Trinajstić information content (AvgIpc) is 2.76. The summed E-state index contributed by atoms with van der Waals surface area (Å²) in [5.41, 5.74) is 0.956. The molecule has 1 aromatic carbocycles. The van der Waals surface area contributed by atoms with Gasteiger partial charge in [-0.3, -0.25) is 5.32 Å². The summed E-state index contributed by atoms with van der Waals surface area (Å²) in [6.07, 6.45) is 2.39. The number of hydrogen-bond donors (Lipinski definition) is 1. The molecule has 0 bridgehead atoms. The Kier molecular flexibility index (Phi) is 3.62. The first-order chi connectivity index (χ1) is 8.66. The maximum Gasteiger partial charge on any atom is 0.413 e. The van der Waals surface area contributed by atoms with Crippen molar-refractivity contribution >= 4 is 11.9 Å². The second-order valence-corrected chi connectivity index (χ2v) is 3.97. The first-order valence-corrected chi connectivity index (χ1v) is 5.65. The van der Waals surface area contributed by atoms with E-state index in [1.165, 1.54) is 0 Å². The zero-order valence-corrected chi connectivity index (χ0v) is 10.3. The molecular formula is C13H15N3O2. The van der Waals surface area contributed by atoms with Crippen LogP contribution in [-0.4, -0.2) is 15.6 Å². The quantitative estimate of drug-likeness (QED) is 0.904. The van der Waals surface area contributed by atoms with E-state index < -0.39 is 6.09 Å². The molecule has 0 aliphatic rings. The van der Waals surface area contributed by atoms with Gasteiger partial charge in [-0.1, -0.05) is 30.3 Å². The number of aromatic nitrogens is 2. The number of nitrogens with one attached hydrogen (secondary N) is 1. The van der Waals surface area contributed by atoms with Crippen molar-refractivity contribution < 1.29 is 9.53 Å². The Hall–Kier alpha value is -2.30. The Balaban J connectivity index is 1.94. The molecule has 1 atom stereocenters. The van der Waals surface area contributed by atoms with Crippen LogP contribution in [0.5, 0.6) is 0 Å². The van der Waals surface area contributed by atoms with Crippen molar-refractivity contribution in [3.05, 3.63) is 48.4 Å². The molecule has 0 saturated heterocycles. The molecule has 94 valence electrons. The molecule has 2 aromatic rings. The summed E-state index contributed by atoms with van der Waals surface area (Å²) >= 11 is 0. The van der Waals surface area contributed by atoms with E-state index in [1.54, 1.807) is 24.1 Å². The summed E-state index contributed by atoms with van der Waals surface area (Å²) in [5, 5.41) is 2.63. The predicted molar refractivity (Wildman–Crippen MR) is 68.2 cm³/mol. The van der Waals surface area contributed by atoms with Crippen molar-refractivity contribution in [3.63, 3.8) is 0 Å². The van der Waals surface area contributed by atoms with Gasteiger partial charge in [-0.05, 0) is 12.5 Å². The van der Waals surface area contributed by atoms with Gasteiger partial charge >= 0.3 is 6.09 Å². The van der Waals surface area contributed by atoms with E-state index in [4.69, 9.17) is 4.74 Å². The molecule has 1 aromatic heterocycles. The van der Waals surface area contributed by atoms with Crippen molar-refractivity contribution in [1.82, 2.24) is 9.55 Å². The van der Waals surface area contributed by atoms with E-state index in [-0.39, 0.29) is 6.10 Å². The Morgan fingerprint density at radius 1 is 1.39 bits per heavy atom. The lowest BCUT2D eigenvalue weighted by Crippen LogP contribution is -2.17. The number of aryl methyl sites for hydroxylation is 1. The number of amides is 1. The van der Waals surface area contributed by atoms with Gasteiger partial charge in [0.1, 0.15) is 11.9 Å². The van der Waals surface area contributed by atoms with Crippen LogP contribution in [0.4, 0.5) is 10.6 Å². The molecule has 1 heterocycles. The first-order valence-electron chi connectivity index (χ1n) is 5.65. The topological polar surface area (TPSA) is 56.1 Å². The summed E-state index contributed by atoms with van der Waals surface area (Å²) < 4.78 is 6.98. The smallest absolute Gasteiger partial charge is 0.413 e. The lowest BCUT2D eigenvalue weighted by Gasteiger charge is -2.14. The maximum atomic E-state index is 11.7. The van der Waals surface area contributed by atoms with Crippen LogP contribution < -0.4 is 5.32 Å². The zero-order valence-electron chi connectivity index (χ0n) is 10.3. The van der Waals surface area contributed by atoms with E-state index in [0.717, 1.165) is 5.56 Å².